The van der Waals surface area contributed by atoms with Crippen molar-refractivity contribution in [3.8, 4) is 0 Å². The molecule has 2 atom stereocenters. The lowest BCUT2D eigenvalue weighted by Gasteiger charge is -2.00. The van der Waals surface area contributed by atoms with Crippen LogP contribution in [0, 0.1) is 20.2 Å². The molecule has 7 heteroatoms. The molecule has 0 spiro atoms. The molecule has 1 fully saturated rings. The number of nitrogens with zero attached hydrogens (tertiary/aromatic N) is 2. The number of nitro groups is 2. The average molecular weight is 286 g/mol. The molecule has 2 unspecified atom stereocenters. The highest BCUT2D eigenvalue weighted by Gasteiger charge is 2.47. The molecule has 1 aliphatic rings. The van der Waals surface area contributed by atoms with Crippen LogP contribution in [0.4, 0.5) is 11.4 Å². The first-order chi connectivity index (χ1) is 10.1. The summed E-state index contributed by atoms with van der Waals surface area (Å²) in [7, 11) is 0. The lowest BCUT2D eigenvalue weighted by atomic mass is 10.0. The van der Waals surface area contributed by atoms with Crippen molar-refractivity contribution < 1.29 is 14.6 Å². The van der Waals surface area contributed by atoms with Gasteiger partial charge >= 0.3 is 0 Å². The number of rotatable bonds is 4. The molecule has 1 heterocycles. The van der Waals surface area contributed by atoms with E-state index in [4.69, 9.17) is 4.74 Å². The second kappa shape index (κ2) is 4.95. The van der Waals surface area contributed by atoms with E-state index in [1.807, 2.05) is 0 Å². The molecule has 2 aromatic rings. The molecular weight excluding hydrogens is 276 g/mol. The number of hydrogen-bond donors (Lipinski definition) is 0. The maximum Gasteiger partial charge on any atom is 0.275 e. The van der Waals surface area contributed by atoms with E-state index < -0.39 is 22.1 Å². The van der Waals surface area contributed by atoms with Gasteiger partial charge in [0.15, 0.2) is 0 Å². The van der Waals surface area contributed by atoms with Gasteiger partial charge in [-0.05, 0) is 12.1 Å². The van der Waals surface area contributed by atoms with Crippen LogP contribution >= 0.6 is 0 Å². The Bertz CT molecular complexity index is 669. The van der Waals surface area contributed by atoms with Crippen molar-refractivity contribution in [3.63, 3.8) is 0 Å². The van der Waals surface area contributed by atoms with E-state index in [9.17, 15) is 20.2 Å². The Kier molecular flexibility index (Phi) is 3.11. The fourth-order valence-corrected chi connectivity index (χ4v) is 2.37. The van der Waals surface area contributed by atoms with Crippen molar-refractivity contribution in [1.82, 2.24) is 0 Å². The molecule has 106 valence electrons. The minimum atomic E-state index is -0.521. The predicted molar refractivity (Wildman–Crippen MR) is 72.8 cm³/mol. The van der Waals surface area contributed by atoms with Crippen LogP contribution < -0.4 is 0 Å². The summed E-state index contributed by atoms with van der Waals surface area (Å²) in [6.07, 6.45) is -1.04. The van der Waals surface area contributed by atoms with Gasteiger partial charge in [0.2, 0.25) is 0 Å². The van der Waals surface area contributed by atoms with Gasteiger partial charge in [-0.15, -0.1) is 0 Å². The summed E-state index contributed by atoms with van der Waals surface area (Å²) >= 11 is 0. The topological polar surface area (TPSA) is 98.8 Å². The Hall–Kier alpha value is -2.80. The fourth-order valence-electron chi connectivity index (χ4n) is 2.37. The maximum absolute atomic E-state index is 11.0. The zero-order chi connectivity index (χ0) is 15.0. The summed E-state index contributed by atoms with van der Waals surface area (Å²) in [5, 5.41) is 22.0. The normalized spacial score (nSPS) is 20.0. The van der Waals surface area contributed by atoms with Gasteiger partial charge in [0.1, 0.15) is 12.2 Å². The van der Waals surface area contributed by atoms with Crippen LogP contribution in [0.5, 0.6) is 0 Å². The van der Waals surface area contributed by atoms with Crippen LogP contribution in [0.2, 0.25) is 0 Å². The zero-order valence-electron chi connectivity index (χ0n) is 10.7. The van der Waals surface area contributed by atoms with Gasteiger partial charge in [-0.3, -0.25) is 20.2 Å². The molecule has 1 saturated heterocycles. The Balaban J connectivity index is 1.95. The Morgan fingerprint density at radius 1 is 0.762 bits per heavy atom. The van der Waals surface area contributed by atoms with Gasteiger partial charge in [0, 0.05) is 12.1 Å². The maximum atomic E-state index is 11.0. The van der Waals surface area contributed by atoms with E-state index in [0.29, 0.717) is 11.1 Å². The Labute approximate surface area is 119 Å². The molecule has 1 aliphatic heterocycles. The molecular formula is C14H10N2O5. The standard InChI is InChI=1S/C14H10N2O5/c17-15(18)11-7-3-1-5-9(11)13-14(21-13)10-6-2-4-8-12(10)16(19)20/h1-8,13-14H. The van der Waals surface area contributed by atoms with Gasteiger partial charge in [-0.2, -0.15) is 0 Å². The lowest BCUT2D eigenvalue weighted by Crippen LogP contribution is -1.96. The van der Waals surface area contributed by atoms with Crippen molar-refractivity contribution in [1.29, 1.82) is 0 Å². The number of para-hydroxylation sites is 2. The first-order valence-electron chi connectivity index (χ1n) is 6.21. The van der Waals surface area contributed by atoms with E-state index >= 15 is 0 Å². The van der Waals surface area contributed by atoms with Crippen LogP contribution in [0.15, 0.2) is 48.5 Å². The summed E-state index contributed by atoms with van der Waals surface area (Å²) in [6, 6.07) is 12.5. The first-order valence-corrected chi connectivity index (χ1v) is 6.21. The zero-order valence-corrected chi connectivity index (χ0v) is 10.7. The SMILES string of the molecule is O=[N+]([O-])c1ccccc1C1OC1c1ccccc1[N+](=O)[O-]. The number of epoxide rings is 1. The quantitative estimate of drug-likeness (QED) is 0.487. The van der Waals surface area contributed by atoms with Crippen LogP contribution in [0.3, 0.4) is 0 Å². The first kappa shape index (κ1) is 13.2. The lowest BCUT2D eigenvalue weighted by molar-refractivity contribution is -0.386. The minimum absolute atomic E-state index is 0.0383. The second-order valence-corrected chi connectivity index (χ2v) is 4.61. The van der Waals surface area contributed by atoms with Crippen LogP contribution in [-0.2, 0) is 4.74 Å². The highest BCUT2D eigenvalue weighted by atomic mass is 16.6. The summed E-state index contributed by atoms with van der Waals surface area (Å²) in [5.74, 6) is 0. The molecule has 0 aliphatic carbocycles. The van der Waals surface area contributed by atoms with E-state index in [-0.39, 0.29) is 11.4 Å². The number of nitro benzene ring substituents is 2. The fraction of sp³-hybridized carbons (Fsp3) is 0.143. The van der Waals surface area contributed by atoms with E-state index in [0.717, 1.165) is 0 Å². The predicted octanol–water partition coefficient (Wildman–Crippen LogP) is 3.32. The summed E-state index contributed by atoms with van der Waals surface area (Å²) in [6.45, 7) is 0. The van der Waals surface area contributed by atoms with E-state index in [1.165, 1.54) is 12.1 Å². The van der Waals surface area contributed by atoms with Gasteiger partial charge in [-0.1, -0.05) is 24.3 Å². The molecule has 0 amide bonds. The monoisotopic (exact) mass is 286 g/mol. The highest BCUT2D eigenvalue weighted by Crippen LogP contribution is 2.54. The smallest absolute Gasteiger partial charge is 0.275 e. The minimum Gasteiger partial charge on any atom is -0.359 e. The van der Waals surface area contributed by atoms with Gasteiger partial charge < -0.3 is 4.74 Å². The van der Waals surface area contributed by atoms with Crippen LogP contribution in [-0.4, -0.2) is 9.85 Å². The molecule has 0 radical (unpaired) electrons. The molecule has 0 saturated carbocycles. The molecule has 0 aromatic heterocycles. The van der Waals surface area contributed by atoms with Gasteiger partial charge in [0.25, 0.3) is 11.4 Å². The largest absolute Gasteiger partial charge is 0.359 e. The van der Waals surface area contributed by atoms with Crippen molar-refractivity contribution in [2.75, 3.05) is 0 Å². The summed E-state index contributed by atoms with van der Waals surface area (Å²) < 4.78 is 5.46. The number of hydrogen-bond acceptors (Lipinski definition) is 5. The molecule has 21 heavy (non-hydrogen) atoms. The third-order valence-electron chi connectivity index (χ3n) is 3.37. The third-order valence-corrected chi connectivity index (χ3v) is 3.37. The average Bonchev–Trinajstić information content (AvgIpc) is 3.27. The van der Waals surface area contributed by atoms with E-state index in [2.05, 4.69) is 0 Å². The summed E-state index contributed by atoms with van der Waals surface area (Å²) in [4.78, 5) is 21.1. The van der Waals surface area contributed by atoms with Crippen molar-refractivity contribution in [2.24, 2.45) is 0 Å². The van der Waals surface area contributed by atoms with Crippen molar-refractivity contribution >= 4 is 11.4 Å². The highest BCUT2D eigenvalue weighted by molar-refractivity contribution is 5.49. The molecule has 0 N–H and O–H groups in total. The van der Waals surface area contributed by atoms with Crippen molar-refractivity contribution in [2.45, 2.75) is 12.2 Å². The molecule has 3 rings (SSSR count). The Morgan fingerprint density at radius 3 is 1.52 bits per heavy atom. The van der Waals surface area contributed by atoms with E-state index in [1.54, 1.807) is 36.4 Å². The molecule has 0 bridgehead atoms. The second-order valence-electron chi connectivity index (χ2n) is 4.61. The van der Waals surface area contributed by atoms with Crippen molar-refractivity contribution in [3.05, 3.63) is 79.9 Å². The van der Waals surface area contributed by atoms with Gasteiger partial charge in [-0.25, -0.2) is 0 Å². The van der Waals surface area contributed by atoms with Crippen LogP contribution in [0.25, 0.3) is 0 Å². The number of benzene rings is 2. The van der Waals surface area contributed by atoms with Crippen LogP contribution in [0.1, 0.15) is 23.3 Å². The molecule has 7 nitrogen and oxygen atoms in total. The third kappa shape index (κ3) is 2.34. The molecule has 2 aromatic carbocycles. The summed E-state index contributed by atoms with van der Waals surface area (Å²) in [5.41, 5.74) is 0.795. The number of ether oxygens (including phenoxy) is 1. The Morgan fingerprint density at radius 2 is 1.14 bits per heavy atom. The van der Waals surface area contributed by atoms with Gasteiger partial charge in [0.05, 0.1) is 21.0 Å².